The van der Waals surface area contributed by atoms with E-state index in [9.17, 15) is 26.7 Å². The van der Waals surface area contributed by atoms with Crippen molar-refractivity contribution in [3.63, 3.8) is 0 Å². The molecule has 3 saturated heterocycles. The summed E-state index contributed by atoms with van der Waals surface area (Å²) in [4.78, 5) is 21.6. The van der Waals surface area contributed by atoms with Crippen LogP contribution < -0.4 is 10.2 Å². The zero-order valence-corrected chi connectivity index (χ0v) is 25.4. The third kappa shape index (κ3) is 5.62. The van der Waals surface area contributed by atoms with Crippen molar-refractivity contribution < 1.29 is 36.2 Å². The standard InChI is InChI=1S/C31H34F5N7O3/c1-18-10-42(4-3-30(18,32)33)11-19-5-22-23(24(6-19)31(34,35)36)12-43(28(22)44)26-8-20(7-25(39-26)38-21-13-45-14-21)29(15-46-16-29)9-27-40-37-17-41(27)2/h5-8,17-18,21H,3-4,9-16H2,1-2H3,(H,38,39)/t18-/m1/s1. The van der Waals surface area contributed by atoms with E-state index in [1.165, 1.54) is 17.9 Å². The van der Waals surface area contributed by atoms with Gasteiger partial charge in [-0.3, -0.25) is 14.6 Å². The number of piperidine rings is 1. The minimum absolute atomic E-state index is 0.00579. The average Bonchev–Trinajstić information content (AvgIpc) is 3.51. The molecule has 46 heavy (non-hydrogen) atoms. The van der Waals surface area contributed by atoms with Crippen molar-refractivity contribution in [2.45, 2.75) is 56.4 Å². The molecule has 4 aliphatic rings. The van der Waals surface area contributed by atoms with Crippen LogP contribution in [0.1, 0.15) is 51.8 Å². The van der Waals surface area contributed by atoms with Gasteiger partial charge in [0.15, 0.2) is 0 Å². The summed E-state index contributed by atoms with van der Waals surface area (Å²) in [5.74, 6) is -2.92. The van der Waals surface area contributed by atoms with E-state index < -0.39 is 34.9 Å². The van der Waals surface area contributed by atoms with Crippen LogP contribution in [0.5, 0.6) is 0 Å². The van der Waals surface area contributed by atoms with Gasteiger partial charge < -0.3 is 19.4 Å². The lowest BCUT2D eigenvalue weighted by molar-refractivity contribution is -0.138. The zero-order chi connectivity index (χ0) is 32.4. The molecule has 3 fully saturated rings. The van der Waals surface area contributed by atoms with Gasteiger partial charge in [-0.1, -0.05) is 6.92 Å². The first-order valence-electron chi connectivity index (χ1n) is 15.2. The number of rotatable bonds is 8. The van der Waals surface area contributed by atoms with Crippen molar-refractivity contribution in [2.24, 2.45) is 13.0 Å². The molecule has 246 valence electrons. The molecule has 7 rings (SSSR count). The Kier molecular flexibility index (Phi) is 7.55. The molecule has 1 amide bonds. The molecule has 0 unspecified atom stereocenters. The van der Waals surface area contributed by atoms with Gasteiger partial charge in [0.1, 0.15) is 23.8 Å². The van der Waals surface area contributed by atoms with Crippen LogP contribution in [0, 0.1) is 5.92 Å². The van der Waals surface area contributed by atoms with Crippen molar-refractivity contribution in [1.29, 1.82) is 0 Å². The van der Waals surface area contributed by atoms with Crippen LogP contribution in [-0.2, 0) is 47.6 Å². The molecule has 10 nitrogen and oxygen atoms in total. The maximum absolute atomic E-state index is 14.5. The molecule has 0 aliphatic carbocycles. The Morgan fingerprint density at radius 2 is 1.89 bits per heavy atom. The van der Waals surface area contributed by atoms with Crippen LogP contribution >= 0.6 is 0 Å². The number of fused-ring (bicyclic) bond motifs is 1. The van der Waals surface area contributed by atoms with E-state index in [1.807, 2.05) is 17.7 Å². The zero-order valence-electron chi connectivity index (χ0n) is 25.4. The van der Waals surface area contributed by atoms with Gasteiger partial charge in [-0.05, 0) is 41.0 Å². The number of carbonyl (C=O) groups is 1. The molecule has 4 aliphatic heterocycles. The first-order chi connectivity index (χ1) is 21.8. The number of amides is 1. The number of nitrogens with one attached hydrogen (secondary N) is 1. The van der Waals surface area contributed by atoms with Crippen LogP contribution in [-0.4, -0.2) is 82.0 Å². The second kappa shape index (κ2) is 11.2. The van der Waals surface area contributed by atoms with Gasteiger partial charge in [0.2, 0.25) is 0 Å². The summed E-state index contributed by atoms with van der Waals surface area (Å²) < 4.78 is 84.3. The quantitative estimate of drug-likeness (QED) is 0.364. The summed E-state index contributed by atoms with van der Waals surface area (Å²) in [7, 11) is 1.85. The summed E-state index contributed by atoms with van der Waals surface area (Å²) in [6.07, 6.45) is -2.99. The maximum atomic E-state index is 14.5. The fraction of sp³-hybridized carbons (Fsp3) is 0.548. The highest BCUT2D eigenvalue weighted by molar-refractivity contribution is 6.10. The largest absolute Gasteiger partial charge is 0.416 e. The van der Waals surface area contributed by atoms with Crippen molar-refractivity contribution in [3.8, 4) is 0 Å². The highest BCUT2D eigenvalue weighted by Gasteiger charge is 2.45. The minimum atomic E-state index is -4.73. The number of anilines is 2. The molecule has 0 radical (unpaired) electrons. The molecule has 0 bridgehead atoms. The van der Waals surface area contributed by atoms with Gasteiger partial charge in [-0.2, -0.15) is 13.2 Å². The second-order valence-corrected chi connectivity index (χ2v) is 13.0. The first-order valence-corrected chi connectivity index (χ1v) is 15.2. The Hall–Kier alpha value is -3.69. The highest BCUT2D eigenvalue weighted by Crippen LogP contribution is 2.42. The van der Waals surface area contributed by atoms with Crippen molar-refractivity contribution >= 4 is 17.5 Å². The summed E-state index contributed by atoms with van der Waals surface area (Å²) in [5, 5.41) is 11.5. The third-order valence-electron chi connectivity index (χ3n) is 9.58. The number of ether oxygens (including phenoxy) is 2. The number of aryl methyl sites for hydroxylation is 1. The normalized spacial score (nSPS) is 22.8. The van der Waals surface area contributed by atoms with E-state index in [-0.39, 0.29) is 61.1 Å². The number of nitrogens with zero attached hydrogens (tertiary/aromatic N) is 6. The van der Waals surface area contributed by atoms with Crippen LogP contribution in [0.4, 0.5) is 33.6 Å². The van der Waals surface area contributed by atoms with E-state index in [0.29, 0.717) is 38.7 Å². The molecule has 3 aromatic rings. The number of pyridine rings is 1. The molecule has 0 spiro atoms. The maximum Gasteiger partial charge on any atom is 0.416 e. The number of likely N-dealkylation sites (tertiary alicyclic amines) is 1. The number of carbonyl (C=O) groups excluding carboxylic acids is 1. The van der Waals surface area contributed by atoms with Gasteiger partial charge in [0.05, 0.1) is 44.6 Å². The number of alkyl halides is 5. The van der Waals surface area contributed by atoms with E-state index in [4.69, 9.17) is 14.5 Å². The molecule has 1 aromatic carbocycles. The molecule has 1 N–H and O–H groups in total. The summed E-state index contributed by atoms with van der Waals surface area (Å²) in [5.41, 5.74) is -0.538. The van der Waals surface area contributed by atoms with E-state index in [2.05, 4.69) is 15.5 Å². The summed E-state index contributed by atoms with van der Waals surface area (Å²) in [6.45, 7) is 2.97. The lowest BCUT2D eigenvalue weighted by Crippen LogP contribution is -2.49. The van der Waals surface area contributed by atoms with Gasteiger partial charge in [0.25, 0.3) is 11.8 Å². The van der Waals surface area contributed by atoms with Gasteiger partial charge >= 0.3 is 6.18 Å². The van der Waals surface area contributed by atoms with Gasteiger partial charge in [-0.25, -0.2) is 13.8 Å². The molecule has 0 saturated carbocycles. The second-order valence-electron chi connectivity index (χ2n) is 13.0. The van der Waals surface area contributed by atoms with Crippen molar-refractivity contribution in [3.05, 3.63) is 64.2 Å². The topological polar surface area (TPSA) is 97.6 Å². The lowest BCUT2D eigenvalue weighted by atomic mass is 9.75. The smallest absolute Gasteiger partial charge is 0.379 e. The Bertz CT molecular complexity index is 1650. The van der Waals surface area contributed by atoms with Crippen LogP contribution in [0.3, 0.4) is 0 Å². The van der Waals surface area contributed by atoms with E-state index >= 15 is 0 Å². The Balaban J connectivity index is 1.23. The monoisotopic (exact) mass is 647 g/mol. The molecular weight excluding hydrogens is 613 g/mol. The van der Waals surface area contributed by atoms with Crippen molar-refractivity contribution in [1.82, 2.24) is 24.6 Å². The third-order valence-corrected chi connectivity index (χ3v) is 9.58. The fourth-order valence-electron chi connectivity index (χ4n) is 6.62. The predicted molar refractivity (Wildman–Crippen MR) is 156 cm³/mol. The van der Waals surface area contributed by atoms with Gasteiger partial charge in [-0.15, -0.1) is 10.2 Å². The predicted octanol–water partition coefficient (Wildman–Crippen LogP) is 4.19. The molecule has 1 atom stereocenters. The molecule has 2 aromatic heterocycles. The number of aromatic nitrogens is 4. The Morgan fingerprint density at radius 3 is 2.50 bits per heavy atom. The van der Waals surface area contributed by atoms with Crippen LogP contribution in [0.2, 0.25) is 0 Å². The summed E-state index contributed by atoms with van der Waals surface area (Å²) in [6, 6.07) is 6.15. The van der Waals surface area contributed by atoms with Crippen LogP contribution in [0.15, 0.2) is 30.6 Å². The Labute approximate surface area is 261 Å². The SMILES string of the molecule is C[C@@H]1CN(Cc2cc3c(c(C(F)(F)F)c2)CN(c2cc(C4(Cc5nncn5C)COC4)cc(NC4COC4)n2)C3=O)CCC1(F)F. The lowest BCUT2D eigenvalue weighted by Gasteiger charge is -2.42. The fourth-order valence-corrected chi connectivity index (χ4v) is 6.62. The minimum Gasteiger partial charge on any atom is -0.379 e. The molecule has 6 heterocycles. The van der Waals surface area contributed by atoms with Gasteiger partial charge in [0, 0.05) is 56.4 Å². The highest BCUT2D eigenvalue weighted by atomic mass is 19.4. The number of hydrogen-bond donors (Lipinski definition) is 1. The number of benzene rings is 1. The first kappa shape index (κ1) is 30.9. The van der Waals surface area contributed by atoms with E-state index in [1.54, 1.807) is 17.3 Å². The van der Waals surface area contributed by atoms with Crippen molar-refractivity contribution in [2.75, 3.05) is 49.7 Å². The van der Waals surface area contributed by atoms with Crippen LogP contribution in [0.25, 0.3) is 0 Å². The summed E-state index contributed by atoms with van der Waals surface area (Å²) >= 11 is 0. The molecular formula is C31H34F5N7O3. The molecule has 15 heteroatoms. The number of halogens is 5. The average molecular weight is 648 g/mol. The Morgan fingerprint density at radius 1 is 1.11 bits per heavy atom. The number of hydrogen-bond acceptors (Lipinski definition) is 8. The van der Waals surface area contributed by atoms with E-state index in [0.717, 1.165) is 17.5 Å².